The number of rotatable bonds is 4. The van der Waals surface area contributed by atoms with Crippen molar-refractivity contribution < 1.29 is 13.9 Å². The van der Waals surface area contributed by atoms with Crippen molar-refractivity contribution in [2.45, 2.75) is 19.0 Å². The second kappa shape index (κ2) is 5.91. The Kier molecular flexibility index (Phi) is 4.48. The number of aliphatic hydroxyl groups excluding tert-OH is 1. The van der Waals surface area contributed by atoms with Gasteiger partial charge in [0.1, 0.15) is 0 Å². The normalized spacial score (nSPS) is 12.9. The highest BCUT2D eigenvalue weighted by Crippen LogP contribution is 2.27. The second-order valence-electron chi connectivity index (χ2n) is 3.92. The van der Waals surface area contributed by atoms with Crippen LogP contribution in [0.1, 0.15) is 28.5 Å². The highest BCUT2D eigenvalue weighted by atomic mass is 79.9. The van der Waals surface area contributed by atoms with E-state index < -0.39 is 12.5 Å². The van der Waals surface area contributed by atoms with Crippen LogP contribution in [-0.2, 0) is 6.42 Å². The van der Waals surface area contributed by atoms with Gasteiger partial charge in [-0.3, -0.25) is 0 Å². The summed E-state index contributed by atoms with van der Waals surface area (Å²) in [5, 5.41) is 12.0. The Morgan fingerprint density at radius 1 is 1.22 bits per heavy atom. The lowest BCUT2D eigenvalue weighted by Gasteiger charge is -2.11. The molecule has 96 valence electrons. The maximum absolute atomic E-state index is 12.6. The van der Waals surface area contributed by atoms with Crippen molar-refractivity contribution in [3.05, 3.63) is 56.2 Å². The number of aliphatic hydroxyl groups is 1. The number of hydrogen-bond acceptors (Lipinski definition) is 2. The van der Waals surface area contributed by atoms with E-state index in [4.69, 9.17) is 0 Å². The summed E-state index contributed by atoms with van der Waals surface area (Å²) in [5.74, 6) is 0. The van der Waals surface area contributed by atoms with E-state index in [1.54, 1.807) is 12.1 Å². The molecule has 1 heterocycles. The van der Waals surface area contributed by atoms with E-state index in [0.717, 1.165) is 9.35 Å². The average Bonchev–Trinajstić information content (AvgIpc) is 2.75. The highest BCUT2D eigenvalue weighted by molar-refractivity contribution is 9.10. The molecule has 1 N–H and O–H groups in total. The van der Waals surface area contributed by atoms with Crippen molar-refractivity contribution in [3.8, 4) is 0 Å². The van der Waals surface area contributed by atoms with Crippen LogP contribution in [-0.4, -0.2) is 5.11 Å². The molecule has 1 aromatic carbocycles. The highest BCUT2D eigenvalue weighted by Gasteiger charge is 2.13. The topological polar surface area (TPSA) is 20.2 Å². The van der Waals surface area contributed by atoms with E-state index in [2.05, 4.69) is 15.9 Å². The number of alkyl halides is 2. The third-order valence-corrected chi connectivity index (χ3v) is 4.28. The fraction of sp³-hybridized carbons (Fsp3) is 0.231. The first-order chi connectivity index (χ1) is 8.56. The fourth-order valence-corrected chi connectivity index (χ4v) is 3.16. The number of hydrogen-bond donors (Lipinski definition) is 1. The number of halogens is 3. The zero-order chi connectivity index (χ0) is 13.1. The van der Waals surface area contributed by atoms with Crippen molar-refractivity contribution in [2.75, 3.05) is 0 Å². The van der Waals surface area contributed by atoms with Crippen molar-refractivity contribution in [3.63, 3.8) is 0 Å². The minimum absolute atomic E-state index is 0.0566. The van der Waals surface area contributed by atoms with Crippen LogP contribution < -0.4 is 0 Å². The molecule has 18 heavy (non-hydrogen) atoms. The molecule has 0 saturated heterocycles. The minimum Gasteiger partial charge on any atom is -0.388 e. The van der Waals surface area contributed by atoms with Crippen LogP contribution in [0, 0.1) is 0 Å². The van der Waals surface area contributed by atoms with Gasteiger partial charge in [-0.15, -0.1) is 11.3 Å². The average molecular weight is 333 g/mol. The van der Waals surface area contributed by atoms with Gasteiger partial charge in [0.2, 0.25) is 0 Å². The first kappa shape index (κ1) is 13.6. The smallest absolute Gasteiger partial charge is 0.263 e. The molecule has 1 atom stereocenters. The third kappa shape index (κ3) is 3.37. The Bertz CT molecular complexity index is 527. The summed E-state index contributed by atoms with van der Waals surface area (Å²) in [6.07, 6.45) is -2.83. The molecule has 5 heteroatoms. The van der Waals surface area contributed by atoms with Crippen LogP contribution in [0.4, 0.5) is 8.78 Å². The predicted octanol–water partition coefficient (Wildman–Crippen LogP) is 4.72. The predicted molar refractivity (Wildman–Crippen MR) is 72.1 cm³/mol. The molecule has 2 aromatic rings. The van der Waals surface area contributed by atoms with Crippen LogP contribution in [0.5, 0.6) is 0 Å². The van der Waals surface area contributed by atoms with Crippen LogP contribution in [0.25, 0.3) is 0 Å². The first-order valence-corrected chi connectivity index (χ1v) is 7.02. The summed E-state index contributed by atoms with van der Waals surface area (Å²) in [6.45, 7) is 0. The molecule has 0 bridgehead atoms. The lowest BCUT2D eigenvalue weighted by atomic mass is 10.0. The Labute approximate surface area is 116 Å². The van der Waals surface area contributed by atoms with E-state index in [1.165, 1.54) is 23.5 Å². The lowest BCUT2D eigenvalue weighted by Crippen LogP contribution is -2.01. The molecule has 1 unspecified atom stereocenters. The zero-order valence-corrected chi connectivity index (χ0v) is 11.7. The molecule has 0 saturated carbocycles. The summed E-state index contributed by atoms with van der Waals surface area (Å²) >= 11 is 4.87. The van der Waals surface area contributed by atoms with Crippen LogP contribution >= 0.6 is 27.3 Å². The Hall–Kier alpha value is -0.780. The fourth-order valence-electron chi connectivity index (χ4n) is 1.67. The van der Waals surface area contributed by atoms with Gasteiger partial charge in [0.25, 0.3) is 6.43 Å². The molecular weight excluding hydrogens is 322 g/mol. The van der Waals surface area contributed by atoms with E-state index >= 15 is 0 Å². The molecule has 0 amide bonds. The summed E-state index contributed by atoms with van der Waals surface area (Å²) in [6, 6.07) is 7.86. The quantitative estimate of drug-likeness (QED) is 0.858. The summed E-state index contributed by atoms with van der Waals surface area (Å²) in [7, 11) is 0. The Morgan fingerprint density at radius 2 is 1.94 bits per heavy atom. The van der Waals surface area contributed by atoms with Gasteiger partial charge >= 0.3 is 0 Å². The summed E-state index contributed by atoms with van der Waals surface area (Å²) in [4.78, 5) is 1.01. The molecule has 0 aliphatic rings. The molecule has 0 aliphatic carbocycles. The largest absolute Gasteiger partial charge is 0.388 e. The molecule has 1 aromatic heterocycles. The van der Waals surface area contributed by atoms with Gasteiger partial charge < -0.3 is 5.11 Å². The van der Waals surface area contributed by atoms with E-state index in [1.807, 2.05) is 11.4 Å². The standard InChI is InChI=1S/C13H11BrF2OS/c14-10-5-11(18-7-10)6-12(17)8-2-1-3-9(4-8)13(15)16/h1-5,7,12-13,17H,6H2. The monoisotopic (exact) mass is 332 g/mol. The number of thiophene rings is 1. The minimum atomic E-state index is -2.51. The molecule has 2 rings (SSSR count). The van der Waals surface area contributed by atoms with Gasteiger partial charge in [-0.25, -0.2) is 8.78 Å². The summed E-state index contributed by atoms with van der Waals surface area (Å²) in [5.41, 5.74) is 0.469. The molecule has 0 aliphatic heterocycles. The van der Waals surface area contributed by atoms with Gasteiger partial charge in [-0.1, -0.05) is 18.2 Å². The Morgan fingerprint density at radius 3 is 2.56 bits per heavy atom. The molecular formula is C13H11BrF2OS. The molecule has 0 fully saturated rings. The van der Waals surface area contributed by atoms with Crippen molar-refractivity contribution in [1.82, 2.24) is 0 Å². The van der Waals surface area contributed by atoms with E-state index in [9.17, 15) is 13.9 Å². The Balaban J connectivity index is 2.13. The van der Waals surface area contributed by atoms with Crippen molar-refractivity contribution in [1.29, 1.82) is 0 Å². The van der Waals surface area contributed by atoms with Gasteiger partial charge in [0.15, 0.2) is 0 Å². The van der Waals surface area contributed by atoms with Crippen LogP contribution in [0.15, 0.2) is 40.2 Å². The van der Waals surface area contributed by atoms with Crippen molar-refractivity contribution in [2.24, 2.45) is 0 Å². The van der Waals surface area contributed by atoms with Crippen LogP contribution in [0.3, 0.4) is 0 Å². The van der Waals surface area contributed by atoms with Crippen molar-refractivity contribution >= 4 is 27.3 Å². The molecule has 0 radical (unpaired) electrons. The van der Waals surface area contributed by atoms with Crippen LogP contribution in [0.2, 0.25) is 0 Å². The van der Waals surface area contributed by atoms with Gasteiger partial charge in [-0.2, -0.15) is 0 Å². The third-order valence-electron chi connectivity index (χ3n) is 2.56. The maximum Gasteiger partial charge on any atom is 0.263 e. The molecule has 0 spiro atoms. The summed E-state index contributed by atoms with van der Waals surface area (Å²) < 4.78 is 26.1. The lowest BCUT2D eigenvalue weighted by molar-refractivity contribution is 0.150. The zero-order valence-electron chi connectivity index (χ0n) is 9.32. The van der Waals surface area contributed by atoms with E-state index in [-0.39, 0.29) is 5.56 Å². The van der Waals surface area contributed by atoms with Gasteiger partial charge in [0, 0.05) is 26.7 Å². The maximum atomic E-state index is 12.6. The first-order valence-electron chi connectivity index (χ1n) is 5.35. The SMILES string of the molecule is OC(Cc1cc(Br)cs1)c1cccc(C(F)F)c1. The second-order valence-corrected chi connectivity index (χ2v) is 5.83. The van der Waals surface area contributed by atoms with E-state index in [0.29, 0.717) is 12.0 Å². The van der Waals surface area contributed by atoms with Gasteiger partial charge in [-0.05, 0) is 33.6 Å². The molecule has 1 nitrogen and oxygen atoms in total. The number of benzene rings is 1. The van der Waals surface area contributed by atoms with Gasteiger partial charge in [0.05, 0.1) is 6.10 Å².